The summed E-state index contributed by atoms with van der Waals surface area (Å²) < 4.78 is 42.4. The van der Waals surface area contributed by atoms with Crippen LogP contribution >= 0.6 is 0 Å². The fraction of sp³-hybridized carbons (Fsp3) is 0.458. The molecule has 0 aliphatic heterocycles. The van der Waals surface area contributed by atoms with Crippen LogP contribution in [-0.2, 0) is 0 Å². The number of carbonyl (C=O) groups excluding carboxylic acids is 1. The first-order chi connectivity index (χ1) is 14.7. The highest BCUT2D eigenvalue weighted by Crippen LogP contribution is 2.28. The molecule has 2 aromatic rings. The van der Waals surface area contributed by atoms with Crippen LogP contribution in [-0.4, -0.2) is 36.8 Å². The Balaban J connectivity index is 2.30. The van der Waals surface area contributed by atoms with Crippen molar-refractivity contribution in [2.24, 2.45) is 5.92 Å². The van der Waals surface area contributed by atoms with Crippen molar-refractivity contribution in [3.8, 4) is 5.75 Å². The van der Waals surface area contributed by atoms with Crippen LogP contribution in [0.4, 0.5) is 13.2 Å². The van der Waals surface area contributed by atoms with Crippen LogP contribution in [0.2, 0.25) is 0 Å². The molecule has 2 unspecified atom stereocenters. The molecule has 0 bridgehead atoms. The minimum atomic E-state index is -4.88. The van der Waals surface area contributed by atoms with Gasteiger partial charge >= 0.3 is 6.36 Å². The second-order valence-corrected chi connectivity index (χ2v) is 7.77. The van der Waals surface area contributed by atoms with E-state index >= 15 is 0 Å². The third kappa shape index (κ3) is 7.28. The molecular formula is C24H31F3N2O2. The van der Waals surface area contributed by atoms with Crippen molar-refractivity contribution in [1.29, 1.82) is 0 Å². The summed E-state index contributed by atoms with van der Waals surface area (Å²) in [5.41, 5.74) is 0.726. The number of amides is 1. The van der Waals surface area contributed by atoms with Gasteiger partial charge in [-0.3, -0.25) is 4.79 Å². The average molecular weight is 437 g/mol. The molecule has 0 spiro atoms. The number of halogens is 3. The lowest BCUT2D eigenvalue weighted by Crippen LogP contribution is -2.44. The van der Waals surface area contributed by atoms with Crippen LogP contribution in [0.15, 0.2) is 54.6 Å². The van der Waals surface area contributed by atoms with Gasteiger partial charge in [0, 0.05) is 12.6 Å². The molecule has 2 atom stereocenters. The molecule has 0 saturated carbocycles. The number of alkyl halides is 3. The zero-order valence-corrected chi connectivity index (χ0v) is 18.4. The molecule has 0 saturated heterocycles. The normalized spacial score (nSPS) is 13.8. The molecular weight excluding hydrogens is 405 g/mol. The van der Waals surface area contributed by atoms with Crippen molar-refractivity contribution < 1.29 is 22.7 Å². The fourth-order valence-electron chi connectivity index (χ4n) is 3.60. The van der Waals surface area contributed by atoms with Crippen molar-refractivity contribution in [3.63, 3.8) is 0 Å². The lowest BCUT2D eigenvalue weighted by Gasteiger charge is -2.35. The van der Waals surface area contributed by atoms with Gasteiger partial charge in [0.1, 0.15) is 5.75 Å². The molecule has 0 aromatic heterocycles. The summed E-state index contributed by atoms with van der Waals surface area (Å²) in [6.07, 6.45) is -2.77. The molecule has 0 fully saturated rings. The molecule has 4 nitrogen and oxygen atoms in total. The van der Waals surface area contributed by atoms with E-state index in [2.05, 4.69) is 28.8 Å². The summed E-state index contributed by atoms with van der Waals surface area (Å²) >= 11 is 0. The number of benzene rings is 2. The molecule has 31 heavy (non-hydrogen) atoms. The van der Waals surface area contributed by atoms with Gasteiger partial charge in [-0.1, -0.05) is 69.2 Å². The van der Waals surface area contributed by atoms with Crippen molar-refractivity contribution in [2.45, 2.75) is 52.1 Å². The predicted octanol–water partition coefficient (Wildman–Crippen LogP) is 5.81. The van der Waals surface area contributed by atoms with Gasteiger partial charge in [0.2, 0.25) is 0 Å². The number of para-hydroxylation sites is 1. The highest BCUT2D eigenvalue weighted by atomic mass is 19.4. The maximum atomic E-state index is 13.0. The van der Waals surface area contributed by atoms with Crippen LogP contribution in [0, 0.1) is 5.92 Å². The lowest BCUT2D eigenvalue weighted by atomic mass is 9.96. The fourth-order valence-corrected chi connectivity index (χ4v) is 3.60. The smallest absolute Gasteiger partial charge is 0.405 e. The Labute approximate surface area is 182 Å². The number of nitrogens with zero attached hydrogens (tertiary/aromatic N) is 1. The van der Waals surface area contributed by atoms with E-state index in [1.54, 1.807) is 0 Å². The minimum Gasteiger partial charge on any atom is -0.405 e. The van der Waals surface area contributed by atoms with Crippen LogP contribution in [0.3, 0.4) is 0 Å². The van der Waals surface area contributed by atoms with Crippen LogP contribution < -0.4 is 10.1 Å². The molecule has 0 heterocycles. The Morgan fingerprint density at radius 1 is 1.03 bits per heavy atom. The van der Waals surface area contributed by atoms with E-state index in [9.17, 15) is 18.0 Å². The summed E-state index contributed by atoms with van der Waals surface area (Å²) in [6, 6.07) is 14.3. The largest absolute Gasteiger partial charge is 0.573 e. The monoisotopic (exact) mass is 436 g/mol. The van der Waals surface area contributed by atoms with Crippen molar-refractivity contribution in [1.82, 2.24) is 10.2 Å². The maximum absolute atomic E-state index is 13.0. The molecule has 2 rings (SSSR count). The molecule has 170 valence electrons. The second-order valence-electron chi connectivity index (χ2n) is 7.77. The summed E-state index contributed by atoms with van der Waals surface area (Å²) in [6.45, 7) is 7.18. The Hall–Kier alpha value is -2.54. The van der Waals surface area contributed by atoms with Crippen LogP contribution in [0.25, 0.3) is 0 Å². The van der Waals surface area contributed by atoms with Gasteiger partial charge in [-0.25, -0.2) is 0 Å². The van der Waals surface area contributed by atoms with Gasteiger partial charge in [-0.15, -0.1) is 13.2 Å². The Morgan fingerprint density at radius 2 is 1.61 bits per heavy atom. The first-order valence-corrected chi connectivity index (χ1v) is 10.6. The molecule has 0 radical (unpaired) electrons. The van der Waals surface area contributed by atoms with Gasteiger partial charge in [0.25, 0.3) is 5.91 Å². The predicted molar refractivity (Wildman–Crippen MR) is 116 cm³/mol. The number of likely N-dealkylation sites (N-methyl/N-ethyl adjacent to an activating group) is 1. The SMILES string of the molecule is CCC(CC)CN(C)C(C)C(NC(=O)c1ccccc1OC(F)(F)F)c1ccccc1. The third-order valence-corrected chi connectivity index (χ3v) is 5.68. The summed E-state index contributed by atoms with van der Waals surface area (Å²) in [7, 11) is 2.01. The zero-order valence-electron chi connectivity index (χ0n) is 18.4. The quantitative estimate of drug-likeness (QED) is 0.511. The number of hydrogen-bond donors (Lipinski definition) is 1. The number of carbonyl (C=O) groups is 1. The number of ether oxygens (including phenoxy) is 1. The standard InChI is InChI=1S/C24H31F3N2O2/c1-5-18(6-2)16-29(4)17(3)22(19-12-8-7-9-13-19)28-23(30)20-14-10-11-15-21(20)31-24(25,26)27/h7-15,17-18,22H,5-6,16H2,1-4H3,(H,28,30). The molecule has 7 heteroatoms. The van der Waals surface area contributed by atoms with E-state index in [1.807, 2.05) is 44.3 Å². The van der Waals surface area contributed by atoms with E-state index < -0.39 is 24.1 Å². The van der Waals surface area contributed by atoms with E-state index in [0.29, 0.717) is 5.92 Å². The summed E-state index contributed by atoms with van der Waals surface area (Å²) in [4.78, 5) is 15.2. The summed E-state index contributed by atoms with van der Waals surface area (Å²) in [5.74, 6) is -0.602. The number of hydrogen-bond acceptors (Lipinski definition) is 3. The van der Waals surface area contributed by atoms with Crippen molar-refractivity contribution in [3.05, 3.63) is 65.7 Å². The van der Waals surface area contributed by atoms with Gasteiger partial charge in [-0.05, 0) is 37.6 Å². The molecule has 0 aliphatic rings. The van der Waals surface area contributed by atoms with E-state index in [-0.39, 0.29) is 11.6 Å². The zero-order chi connectivity index (χ0) is 23.0. The highest BCUT2D eigenvalue weighted by Gasteiger charge is 2.33. The van der Waals surface area contributed by atoms with Crippen molar-refractivity contribution >= 4 is 5.91 Å². The average Bonchev–Trinajstić information content (AvgIpc) is 2.74. The molecule has 2 aromatic carbocycles. The Kier molecular flexibility index (Phi) is 8.92. The van der Waals surface area contributed by atoms with Gasteiger partial charge in [0.15, 0.2) is 0 Å². The molecule has 1 N–H and O–H groups in total. The third-order valence-electron chi connectivity index (χ3n) is 5.68. The Bertz CT molecular complexity index is 823. The van der Waals surface area contributed by atoms with Crippen LogP contribution in [0.5, 0.6) is 5.75 Å². The van der Waals surface area contributed by atoms with Crippen LogP contribution in [0.1, 0.15) is 55.6 Å². The Morgan fingerprint density at radius 3 is 2.19 bits per heavy atom. The van der Waals surface area contributed by atoms with Gasteiger partial charge < -0.3 is 15.0 Å². The summed E-state index contributed by atoms with van der Waals surface area (Å²) in [5, 5.41) is 2.94. The first kappa shape index (κ1) is 24.7. The first-order valence-electron chi connectivity index (χ1n) is 10.6. The van der Waals surface area contributed by atoms with E-state index in [1.165, 1.54) is 18.2 Å². The minimum absolute atomic E-state index is 0.0809. The molecule has 0 aliphatic carbocycles. The number of rotatable bonds is 10. The van der Waals surface area contributed by atoms with E-state index in [4.69, 9.17) is 0 Å². The maximum Gasteiger partial charge on any atom is 0.573 e. The van der Waals surface area contributed by atoms with Crippen molar-refractivity contribution in [2.75, 3.05) is 13.6 Å². The van der Waals surface area contributed by atoms with Gasteiger partial charge in [0.05, 0.1) is 11.6 Å². The van der Waals surface area contributed by atoms with Gasteiger partial charge in [-0.2, -0.15) is 0 Å². The highest BCUT2D eigenvalue weighted by molar-refractivity contribution is 5.97. The second kappa shape index (κ2) is 11.2. The van der Waals surface area contributed by atoms with E-state index in [0.717, 1.165) is 31.0 Å². The lowest BCUT2D eigenvalue weighted by molar-refractivity contribution is -0.274. The number of nitrogens with one attached hydrogen (secondary N) is 1. The molecule has 1 amide bonds. The topological polar surface area (TPSA) is 41.6 Å².